The van der Waals surface area contributed by atoms with Crippen LogP contribution in [-0.2, 0) is 11.2 Å². The van der Waals surface area contributed by atoms with E-state index in [1.165, 1.54) is 23.1 Å². The third-order valence-electron chi connectivity index (χ3n) is 3.45. The fraction of sp³-hybridized carbons (Fsp3) is 0.667. The molecule has 21 heavy (non-hydrogen) atoms. The molecule has 0 aromatic carbocycles. The third-order valence-corrected chi connectivity index (χ3v) is 4.36. The largest absolute Gasteiger partial charge is 0.476 e. The molecule has 2 N–H and O–H groups in total. The first kappa shape index (κ1) is 17.6. The summed E-state index contributed by atoms with van der Waals surface area (Å²) >= 11 is 1.32. The Kier molecular flexibility index (Phi) is 7.97. The average Bonchev–Trinajstić information content (AvgIpc) is 2.92. The summed E-state index contributed by atoms with van der Waals surface area (Å²) in [6.45, 7) is 4.79. The molecular formula is C15H24N2O3S. The lowest BCUT2D eigenvalue weighted by atomic mass is 9.95. The van der Waals surface area contributed by atoms with Crippen LogP contribution in [0, 0.1) is 5.92 Å². The van der Waals surface area contributed by atoms with Crippen LogP contribution in [0.4, 0.5) is 0 Å². The highest BCUT2D eigenvalue weighted by molar-refractivity contribution is 7.09. The van der Waals surface area contributed by atoms with Crippen molar-refractivity contribution in [3.63, 3.8) is 0 Å². The maximum atomic E-state index is 11.9. The zero-order valence-electron chi connectivity index (χ0n) is 12.7. The molecule has 1 amide bonds. The molecule has 6 heteroatoms. The van der Waals surface area contributed by atoms with Gasteiger partial charge in [0.25, 0.3) is 0 Å². The first-order chi connectivity index (χ1) is 10.1. The van der Waals surface area contributed by atoms with Crippen molar-refractivity contribution in [2.24, 2.45) is 5.92 Å². The van der Waals surface area contributed by atoms with E-state index in [1.54, 1.807) is 0 Å². The second-order valence-corrected chi connectivity index (χ2v) is 6.09. The molecule has 0 aliphatic heterocycles. The molecule has 1 unspecified atom stereocenters. The molecule has 0 fully saturated rings. The molecule has 5 nitrogen and oxygen atoms in total. The number of nitrogens with zero attached hydrogens (tertiary/aromatic N) is 1. The number of hydrogen-bond acceptors (Lipinski definition) is 4. The van der Waals surface area contributed by atoms with Crippen LogP contribution in [0.3, 0.4) is 0 Å². The standard InChI is InChI=1S/C15H24N2O3S/c1-3-5-6-11(4-2)9-13(18)16-8-7-14-17-12(10-21-14)15(19)20/h10-11H,3-9H2,1-2H3,(H,16,18)(H,19,20). The van der Waals surface area contributed by atoms with Gasteiger partial charge < -0.3 is 10.4 Å². The summed E-state index contributed by atoms with van der Waals surface area (Å²) in [5, 5.41) is 13.9. The Hall–Kier alpha value is -1.43. The van der Waals surface area contributed by atoms with E-state index in [0.29, 0.717) is 25.3 Å². The van der Waals surface area contributed by atoms with Gasteiger partial charge in [-0.25, -0.2) is 9.78 Å². The number of carboxylic acid groups (broad SMARTS) is 1. The van der Waals surface area contributed by atoms with Crippen LogP contribution in [0.5, 0.6) is 0 Å². The highest BCUT2D eigenvalue weighted by atomic mass is 32.1. The molecule has 0 bridgehead atoms. The number of aromatic carboxylic acids is 1. The van der Waals surface area contributed by atoms with E-state index < -0.39 is 5.97 Å². The molecule has 0 radical (unpaired) electrons. The lowest BCUT2D eigenvalue weighted by Crippen LogP contribution is -2.27. The number of carboxylic acids is 1. The van der Waals surface area contributed by atoms with Gasteiger partial charge in [0.2, 0.25) is 5.91 Å². The van der Waals surface area contributed by atoms with Crippen molar-refractivity contribution < 1.29 is 14.7 Å². The van der Waals surface area contributed by atoms with Crippen LogP contribution < -0.4 is 5.32 Å². The molecule has 0 saturated heterocycles. The quantitative estimate of drug-likeness (QED) is 0.696. The normalized spacial score (nSPS) is 12.1. The Labute approximate surface area is 129 Å². The minimum Gasteiger partial charge on any atom is -0.476 e. The first-order valence-electron chi connectivity index (χ1n) is 7.51. The van der Waals surface area contributed by atoms with Crippen molar-refractivity contribution in [3.05, 3.63) is 16.1 Å². The van der Waals surface area contributed by atoms with Crippen molar-refractivity contribution in [1.29, 1.82) is 0 Å². The van der Waals surface area contributed by atoms with Crippen molar-refractivity contribution in [3.8, 4) is 0 Å². The van der Waals surface area contributed by atoms with E-state index >= 15 is 0 Å². The van der Waals surface area contributed by atoms with Gasteiger partial charge in [-0.3, -0.25) is 4.79 Å². The predicted molar refractivity (Wildman–Crippen MR) is 83.7 cm³/mol. The highest BCUT2D eigenvalue weighted by Crippen LogP contribution is 2.16. The molecule has 118 valence electrons. The molecular weight excluding hydrogens is 288 g/mol. The molecule has 0 aliphatic rings. The molecule has 1 rings (SSSR count). The fourth-order valence-electron chi connectivity index (χ4n) is 2.11. The lowest BCUT2D eigenvalue weighted by Gasteiger charge is -2.13. The van der Waals surface area contributed by atoms with Gasteiger partial charge in [0.05, 0.1) is 5.01 Å². The molecule has 0 spiro atoms. The number of amides is 1. The summed E-state index contributed by atoms with van der Waals surface area (Å²) < 4.78 is 0. The second kappa shape index (κ2) is 9.50. The average molecular weight is 312 g/mol. The number of carbonyl (C=O) groups excluding carboxylic acids is 1. The van der Waals surface area contributed by atoms with Crippen LogP contribution in [0.2, 0.25) is 0 Å². The van der Waals surface area contributed by atoms with Crippen LogP contribution in [0.1, 0.15) is 61.4 Å². The van der Waals surface area contributed by atoms with Crippen LogP contribution in [0.25, 0.3) is 0 Å². The van der Waals surface area contributed by atoms with E-state index in [-0.39, 0.29) is 11.6 Å². The SMILES string of the molecule is CCCCC(CC)CC(=O)NCCc1nc(C(=O)O)cs1. The summed E-state index contributed by atoms with van der Waals surface area (Å²) in [5.74, 6) is -0.473. The summed E-state index contributed by atoms with van der Waals surface area (Å²) in [4.78, 5) is 26.6. The minimum atomic E-state index is -1.01. The smallest absolute Gasteiger partial charge is 0.355 e. The third kappa shape index (κ3) is 6.71. The van der Waals surface area contributed by atoms with Gasteiger partial charge in [-0.1, -0.05) is 33.1 Å². The zero-order chi connectivity index (χ0) is 15.7. The lowest BCUT2D eigenvalue weighted by molar-refractivity contribution is -0.122. The number of unbranched alkanes of at least 4 members (excludes halogenated alkanes) is 1. The van der Waals surface area contributed by atoms with Gasteiger partial charge in [0.15, 0.2) is 5.69 Å². The maximum absolute atomic E-state index is 11.9. The van der Waals surface area contributed by atoms with Crippen LogP contribution >= 0.6 is 11.3 Å². The summed E-state index contributed by atoms with van der Waals surface area (Å²) in [6, 6.07) is 0. The Balaban J connectivity index is 2.27. The first-order valence-corrected chi connectivity index (χ1v) is 8.39. The van der Waals surface area contributed by atoms with Gasteiger partial charge >= 0.3 is 5.97 Å². The summed E-state index contributed by atoms with van der Waals surface area (Å²) in [7, 11) is 0. The predicted octanol–water partition coefficient (Wildman–Crippen LogP) is 3.11. The van der Waals surface area contributed by atoms with Gasteiger partial charge in [-0.15, -0.1) is 11.3 Å². The maximum Gasteiger partial charge on any atom is 0.355 e. The van der Waals surface area contributed by atoms with E-state index in [0.717, 1.165) is 24.3 Å². The van der Waals surface area contributed by atoms with Crippen molar-refractivity contribution in [2.75, 3.05) is 6.54 Å². The number of thiazole rings is 1. The van der Waals surface area contributed by atoms with Gasteiger partial charge in [0, 0.05) is 24.8 Å². The molecule has 1 atom stereocenters. The highest BCUT2D eigenvalue weighted by Gasteiger charge is 2.12. The van der Waals surface area contributed by atoms with E-state index in [9.17, 15) is 9.59 Å². The van der Waals surface area contributed by atoms with Gasteiger partial charge in [-0.05, 0) is 12.3 Å². The van der Waals surface area contributed by atoms with E-state index in [4.69, 9.17) is 5.11 Å². The molecule has 0 aliphatic carbocycles. The fourth-order valence-corrected chi connectivity index (χ4v) is 2.88. The second-order valence-electron chi connectivity index (χ2n) is 5.15. The Morgan fingerprint density at radius 1 is 1.43 bits per heavy atom. The zero-order valence-corrected chi connectivity index (χ0v) is 13.5. The summed E-state index contributed by atoms with van der Waals surface area (Å²) in [6.07, 6.45) is 5.62. The molecule has 1 aromatic rings. The number of aromatic nitrogens is 1. The minimum absolute atomic E-state index is 0.0759. The monoisotopic (exact) mass is 312 g/mol. The number of carbonyl (C=O) groups is 2. The number of rotatable bonds is 10. The Morgan fingerprint density at radius 2 is 2.19 bits per heavy atom. The topological polar surface area (TPSA) is 79.3 Å². The van der Waals surface area contributed by atoms with Crippen LogP contribution in [-0.4, -0.2) is 28.5 Å². The van der Waals surface area contributed by atoms with Crippen LogP contribution in [0.15, 0.2) is 5.38 Å². The number of nitrogens with one attached hydrogen (secondary N) is 1. The molecule has 1 aromatic heterocycles. The number of hydrogen-bond donors (Lipinski definition) is 2. The van der Waals surface area contributed by atoms with E-state index in [1.807, 2.05) is 0 Å². The van der Waals surface area contributed by atoms with Crippen molar-refractivity contribution in [1.82, 2.24) is 10.3 Å². The van der Waals surface area contributed by atoms with Gasteiger partial charge in [-0.2, -0.15) is 0 Å². The van der Waals surface area contributed by atoms with Crippen molar-refractivity contribution in [2.45, 2.75) is 52.4 Å². The Bertz CT molecular complexity index is 460. The summed E-state index contributed by atoms with van der Waals surface area (Å²) in [5.41, 5.74) is 0.0759. The van der Waals surface area contributed by atoms with Gasteiger partial charge in [0.1, 0.15) is 0 Å². The van der Waals surface area contributed by atoms with Crippen molar-refractivity contribution >= 4 is 23.2 Å². The molecule has 0 saturated carbocycles. The van der Waals surface area contributed by atoms with E-state index in [2.05, 4.69) is 24.1 Å². The Morgan fingerprint density at radius 3 is 2.76 bits per heavy atom. The molecule has 1 heterocycles.